The van der Waals surface area contributed by atoms with Crippen molar-refractivity contribution < 1.29 is 0 Å². The van der Waals surface area contributed by atoms with E-state index in [1.54, 1.807) is 11.3 Å². The molecule has 3 aromatic rings. The van der Waals surface area contributed by atoms with Crippen LogP contribution in [0.2, 0.25) is 0 Å². The van der Waals surface area contributed by atoms with Crippen LogP contribution in [0.5, 0.6) is 0 Å². The Kier molecular flexibility index (Phi) is 2.35. The van der Waals surface area contributed by atoms with Gasteiger partial charge in [-0.25, -0.2) is 4.98 Å². The van der Waals surface area contributed by atoms with E-state index >= 15 is 0 Å². The highest BCUT2D eigenvalue weighted by Gasteiger charge is 2.13. The number of fused-ring (bicyclic) bond motifs is 3. The Morgan fingerprint density at radius 2 is 1.61 bits per heavy atom. The molecule has 2 N–H and O–H groups in total. The summed E-state index contributed by atoms with van der Waals surface area (Å²) in [4.78, 5) is 4.51. The highest BCUT2D eigenvalue weighted by molar-refractivity contribution is 7.22. The van der Waals surface area contributed by atoms with Crippen molar-refractivity contribution in [2.75, 3.05) is 5.73 Å². The van der Waals surface area contributed by atoms with Gasteiger partial charge in [-0.1, -0.05) is 17.4 Å². The highest BCUT2D eigenvalue weighted by atomic mass is 32.1. The second kappa shape index (κ2) is 3.69. The number of anilines is 1. The minimum atomic E-state index is 0.646. The number of nitrogens with zero attached hydrogens (tertiary/aromatic N) is 1. The van der Waals surface area contributed by atoms with Gasteiger partial charge in [0.05, 0.1) is 10.2 Å². The molecule has 0 unspecified atom stereocenters. The maximum absolute atomic E-state index is 5.85. The summed E-state index contributed by atoms with van der Waals surface area (Å²) in [5.74, 6) is 0. The maximum atomic E-state index is 5.85. The van der Waals surface area contributed by atoms with Gasteiger partial charge in [-0.2, -0.15) is 0 Å². The van der Waals surface area contributed by atoms with E-state index in [4.69, 9.17) is 5.73 Å². The van der Waals surface area contributed by atoms with E-state index in [1.165, 1.54) is 37.7 Å². The van der Waals surface area contributed by atoms with Crippen molar-refractivity contribution in [3.63, 3.8) is 0 Å². The van der Waals surface area contributed by atoms with Gasteiger partial charge in [-0.15, -0.1) is 0 Å². The van der Waals surface area contributed by atoms with Gasteiger partial charge >= 0.3 is 0 Å². The summed E-state index contributed by atoms with van der Waals surface area (Å²) in [7, 11) is 0. The van der Waals surface area contributed by atoms with E-state index in [0.29, 0.717) is 5.13 Å². The molecule has 18 heavy (non-hydrogen) atoms. The number of thiazole rings is 1. The summed E-state index contributed by atoms with van der Waals surface area (Å²) in [5.41, 5.74) is 12.3. The van der Waals surface area contributed by atoms with Crippen LogP contribution >= 0.6 is 11.3 Å². The molecule has 3 heteroatoms. The van der Waals surface area contributed by atoms with Crippen LogP contribution in [0.15, 0.2) is 12.1 Å². The van der Waals surface area contributed by atoms with Crippen LogP contribution in [0.25, 0.3) is 21.0 Å². The van der Waals surface area contributed by atoms with Crippen LogP contribution in [-0.2, 0) is 0 Å². The lowest BCUT2D eigenvalue weighted by Gasteiger charge is -2.14. The van der Waals surface area contributed by atoms with Crippen LogP contribution in [0.1, 0.15) is 22.3 Å². The first-order valence-electron chi connectivity index (χ1n) is 6.05. The smallest absolute Gasteiger partial charge is 0.181 e. The summed E-state index contributed by atoms with van der Waals surface area (Å²) >= 11 is 1.56. The Labute approximate surface area is 110 Å². The van der Waals surface area contributed by atoms with Gasteiger partial charge < -0.3 is 5.73 Å². The van der Waals surface area contributed by atoms with Gasteiger partial charge in [-0.05, 0) is 61.4 Å². The quantitative estimate of drug-likeness (QED) is 0.652. The first kappa shape index (κ1) is 11.5. The molecule has 0 spiro atoms. The Hall–Kier alpha value is -1.61. The van der Waals surface area contributed by atoms with Gasteiger partial charge in [0, 0.05) is 5.39 Å². The lowest BCUT2D eigenvalue weighted by molar-refractivity contribution is 1.25. The molecule has 0 bridgehead atoms. The molecule has 2 aromatic carbocycles. The number of rotatable bonds is 0. The van der Waals surface area contributed by atoms with Crippen LogP contribution < -0.4 is 5.73 Å². The Morgan fingerprint density at radius 3 is 2.33 bits per heavy atom. The molecular formula is C15H16N2S. The Morgan fingerprint density at radius 1 is 0.944 bits per heavy atom. The molecule has 0 atom stereocenters. The number of hydrogen-bond donors (Lipinski definition) is 1. The third-order valence-electron chi connectivity index (χ3n) is 4.04. The fourth-order valence-corrected chi connectivity index (χ4v) is 3.40. The number of aromatic nitrogens is 1. The van der Waals surface area contributed by atoms with Crippen molar-refractivity contribution in [3.05, 3.63) is 34.4 Å². The molecule has 0 aliphatic carbocycles. The normalized spacial score (nSPS) is 11.6. The standard InChI is InChI=1S/C15H16N2S/c1-7-8(2)10(4)13-11(9(7)3)5-6-12-14(13)17-15(16)18-12/h5-6H,1-4H3,(H2,16,17). The van der Waals surface area contributed by atoms with Crippen LogP contribution in [0, 0.1) is 27.7 Å². The number of hydrogen-bond acceptors (Lipinski definition) is 3. The molecule has 0 aliphatic rings. The zero-order chi connectivity index (χ0) is 13.0. The summed E-state index contributed by atoms with van der Waals surface area (Å²) in [6, 6.07) is 4.33. The lowest BCUT2D eigenvalue weighted by Crippen LogP contribution is -1.94. The van der Waals surface area contributed by atoms with Gasteiger partial charge in [0.1, 0.15) is 0 Å². The predicted molar refractivity (Wildman–Crippen MR) is 80.5 cm³/mol. The van der Waals surface area contributed by atoms with Crippen LogP contribution in [0.4, 0.5) is 5.13 Å². The van der Waals surface area contributed by atoms with Gasteiger partial charge in [0.15, 0.2) is 5.13 Å². The SMILES string of the molecule is Cc1c(C)c(C)c2c(ccc3sc(N)nc32)c1C. The third-order valence-corrected chi connectivity index (χ3v) is 4.89. The molecule has 0 radical (unpaired) electrons. The molecule has 0 amide bonds. The van der Waals surface area contributed by atoms with E-state index in [0.717, 1.165) is 5.52 Å². The van der Waals surface area contributed by atoms with Crippen LogP contribution in [0.3, 0.4) is 0 Å². The van der Waals surface area contributed by atoms with Crippen LogP contribution in [-0.4, -0.2) is 4.98 Å². The van der Waals surface area contributed by atoms with E-state index < -0.39 is 0 Å². The fourth-order valence-electron chi connectivity index (χ4n) is 2.66. The number of benzene rings is 2. The van der Waals surface area contributed by atoms with Gasteiger partial charge in [0.2, 0.25) is 0 Å². The summed E-state index contributed by atoms with van der Waals surface area (Å²) in [6.07, 6.45) is 0. The largest absolute Gasteiger partial charge is 0.375 e. The minimum Gasteiger partial charge on any atom is -0.375 e. The summed E-state index contributed by atoms with van der Waals surface area (Å²) in [5, 5.41) is 3.21. The molecule has 1 aromatic heterocycles. The number of nitrogen functional groups attached to an aromatic ring is 1. The van der Waals surface area contributed by atoms with Gasteiger partial charge in [-0.3, -0.25) is 0 Å². The fraction of sp³-hybridized carbons (Fsp3) is 0.267. The van der Waals surface area contributed by atoms with E-state index in [-0.39, 0.29) is 0 Å². The van der Waals surface area contributed by atoms with E-state index in [9.17, 15) is 0 Å². The summed E-state index contributed by atoms with van der Waals surface area (Å²) in [6.45, 7) is 8.74. The van der Waals surface area contributed by atoms with Crippen molar-refractivity contribution in [2.24, 2.45) is 0 Å². The molecule has 0 aliphatic heterocycles. The zero-order valence-corrected chi connectivity index (χ0v) is 11.9. The molecule has 2 nitrogen and oxygen atoms in total. The van der Waals surface area contributed by atoms with Crippen molar-refractivity contribution >= 4 is 37.5 Å². The number of aryl methyl sites for hydroxylation is 2. The van der Waals surface area contributed by atoms with E-state index in [2.05, 4.69) is 44.8 Å². The van der Waals surface area contributed by atoms with Crippen molar-refractivity contribution in [2.45, 2.75) is 27.7 Å². The molecule has 0 saturated carbocycles. The van der Waals surface area contributed by atoms with Crippen molar-refractivity contribution in [1.82, 2.24) is 4.98 Å². The maximum Gasteiger partial charge on any atom is 0.181 e. The average Bonchev–Trinajstić information content (AvgIpc) is 2.72. The first-order chi connectivity index (χ1) is 8.50. The van der Waals surface area contributed by atoms with Gasteiger partial charge in [0.25, 0.3) is 0 Å². The predicted octanol–water partition coefficient (Wildman–Crippen LogP) is 4.27. The first-order valence-corrected chi connectivity index (χ1v) is 6.87. The number of nitrogens with two attached hydrogens (primary N) is 1. The molecule has 3 rings (SSSR count). The van der Waals surface area contributed by atoms with E-state index in [1.807, 2.05) is 0 Å². The minimum absolute atomic E-state index is 0.646. The zero-order valence-electron chi connectivity index (χ0n) is 11.1. The highest BCUT2D eigenvalue weighted by Crippen LogP contribution is 2.36. The third kappa shape index (κ3) is 1.37. The lowest BCUT2D eigenvalue weighted by atomic mass is 9.91. The molecule has 92 valence electrons. The second-order valence-corrected chi connectivity index (χ2v) is 5.95. The monoisotopic (exact) mass is 256 g/mol. The average molecular weight is 256 g/mol. The second-order valence-electron chi connectivity index (χ2n) is 4.89. The topological polar surface area (TPSA) is 38.9 Å². The molecular weight excluding hydrogens is 240 g/mol. The Balaban J connectivity index is 2.65. The van der Waals surface area contributed by atoms with Crippen molar-refractivity contribution in [1.29, 1.82) is 0 Å². The Bertz CT molecular complexity index is 784. The summed E-state index contributed by atoms with van der Waals surface area (Å²) < 4.78 is 1.17. The molecule has 1 heterocycles. The molecule has 0 fully saturated rings. The van der Waals surface area contributed by atoms with Crippen molar-refractivity contribution in [3.8, 4) is 0 Å². The molecule has 0 saturated heterocycles.